The molecule has 0 saturated heterocycles. The van der Waals surface area contributed by atoms with E-state index in [-0.39, 0.29) is 11.1 Å². The number of hydrogen-bond donors (Lipinski definition) is 1. The Morgan fingerprint density at radius 3 is 2.56 bits per heavy atom. The lowest BCUT2D eigenvalue weighted by Gasteiger charge is -1.94. The fraction of sp³-hybridized carbons (Fsp3) is 0. The molecule has 0 aromatic heterocycles. The molecule has 1 aromatic carbocycles. The number of ether oxygens (including phenoxy) is 1. The Labute approximate surface area is 90.0 Å². The average molecular weight is 218 g/mol. The molecule has 1 aliphatic rings. The van der Waals surface area contributed by atoms with Gasteiger partial charge in [-0.05, 0) is 23.8 Å². The number of cyclic esters (lactones) is 2. The van der Waals surface area contributed by atoms with Gasteiger partial charge in [-0.2, -0.15) is 0 Å². The summed E-state index contributed by atoms with van der Waals surface area (Å²) in [5.41, 5.74) is 0.891. The molecule has 0 saturated carbocycles. The molecule has 5 heteroatoms. The van der Waals surface area contributed by atoms with Crippen LogP contribution in [0.15, 0.2) is 24.3 Å². The highest BCUT2D eigenvalue weighted by Gasteiger charge is 2.29. The first-order valence-electron chi connectivity index (χ1n) is 4.39. The third-order valence-corrected chi connectivity index (χ3v) is 2.09. The van der Waals surface area contributed by atoms with Gasteiger partial charge in [0.25, 0.3) is 0 Å². The topological polar surface area (TPSA) is 80.7 Å². The van der Waals surface area contributed by atoms with Crippen molar-refractivity contribution in [2.45, 2.75) is 0 Å². The van der Waals surface area contributed by atoms with Crippen LogP contribution in [0.5, 0.6) is 0 Å². The van der Waals surface area contributed by atoms with Crippen LogP contribution < -0.4 is 0 Å². The first-order chi connectivity index (χ1) is 7.58. The maximum absolute atomic E-state index is 11.2. The number of fused-ring (bicyclic) bond motifs is 1. The van der Waals surface area contributed by atoms with Crippen LogP contribution in [0.4, 0.5) is 0 Å². The molecule has 0 bridgehead atoms. The van der Waals surface area contributed by atoms with E-state index in [9.17, 15) is 14.4 Å². The largest absolute Gasteiger partial charge is 0.478 e. The second-order valence-electron chi connectivity index (χ2n) is 3.15. The molecule has 1 aliphatic heterocycles. The summed E-state index contributed by atoms with van der Waals surface area (Å²) >= 11 is 0. The zero-order valence-electron chi connectivity index (χ0n) is 7.97. The van der Waals surface area contributed by atoms with Crippen molar-refractivity contribution in [2.75, 3.05) is 0 Å². The van der Waals surface area contributed by atoms with Gasteiger partial charge in [0.2, 0.25) is 0 Å². The molecule has 0 unspecified atom stereocenters. The Morgan fingerprint density at radius 1 is 1.19 bits per heavy atom. The Morgan fingerprint density at radius 2 is 1.88 bits per heavy atom. The molecule has 1 heterocycles. The third-order valence-electron chi connectivity index (χ3n) is 2.09. The highest BCUT2D eigenvalue weighted by atomic mass is 16.6. The molecule has 0 aliphatic carbocycles. The first kappa shape index (κ1) is 10.1. The van der Waals surface area contributed by atoms with Crippen LogP contribution in [-0.2, 0) is 9.53 Å². The van der Waals surface area contributed by atoms with Crippen molar-refractivity contribution in [3.05, 3.63) is 41.0 Å². The van der Waals surface area contributed by atoms with Crippen molar-refractivity contribution in [1.29, 1.82) is 0 Å². The van der Waals surface area contributed by atoms with Crippen molar-refractivity contribution in [3.63, 3.8) is 0 Å². The number of rotatable bonds is 2. The molecule has 1 N–H and O–H groups in total. The minimum absolute atomic E-state index is 0.164. The highest BCUT2D eigenvalue weighted by Crippen LogP contribution is 2.21. The van der Waals surface area contributed by atoms with E-state index >= 15 is 0 Å². The van der Waals surface area contributed by atoms with Gasteiger partial charge in [-0.25, -0.2) is 14.4 Å². The molecule has 2 rings (SSSR count). The zero-order valence-corrected chi connectivity index (χ0v) is 7.97. The Bertz CT molecular complexity index is 527. The van der Waals surface area contributed by atoms with Crippen molar-refractivity contribution in [2.24, 2.45) is 0 Å². The van der Waals surface area contributed by atoms with E-state index in [2.05, 4.69) is 4.74 Å². The maximum Gasteiger partial charge on any atom is 0.346 e. The molecule has 0 amide bonds. The van der Waals surface area contributed by atoms with Gasteiger partial charge in [-0.15, -0.1) is 0 Å². The SMILES string of the molecule is O=C(O)C=Cc1ccc2c(c1)C(=O)OC2=O. The summed E-state index contributed by atoms with van der Waals surface area (Å²) in [6.07, 6.45) is 2.28. The molecule has 1 aromatic rings. The van der Waals surface area contributed by atoms with E-state index in [1.165, 1.54) is 24.3 Å². The molecule has 80 valence electrons. The van der Waals surface area contributed by atoms with Gasteiger partial charge >= 0.3 is 17.9 Å². The molecule has 0 fully saturated rings. The zero-order chi connectivity index (χ0) is 11.7. The van der Waals surface area contributed by atoms with E-state index in [4.69, 9.17) is 5.11 Å². The lowest BCUT2D eigenvalue weighted by molar-refractivity contribution is -0.131. The van der Waals surface area contributed by atoms with Crippen LogP contribution in [0, 0.1) is 0 Å². The number of benzene rings is 1. The fourth-order valence-corrected chi connectivity index (χ4v) is 1.37. The van der Waals surface area contributed by atoms with Crippen LogP contribution in [0.3, 0.4) is 0 Å². The second kappa shape index (κ2) is 3.62. The van der Waals surface area contributed by atoms with Crippen LogP contribution in [0.2, 0.25) is 0 Å². The smallest absolute Gasteiger partial charge is 0.346 e. The lowest BCUT2D eigenvalue weighted by Crippen LogP contribution is -1.96. The van der Waals surface area contributed by atoms with E-state index in [0.29, 0.717) is 5.56 Å². The number of carboxylic acids is 1. The Balaban J connectivity index is 2.40. The van der Waals surface area contributed by atoms with E-state index in [0.717, 1.165) is 6.08 Å². The maximum atomic E-state index is 11.2. The summed E-state index contributed by atoms with van der Waals surface area (Å²) in [5.74, 6) is -2.46. The van der Waals surface area contributed by atoms with Crippen molar-refractivity contribution in [1.82, 2.24) is 0 Å². The molecule has 0 spiro atoms. The summed E-state index contributed by atoms with van der Waals surface area (Å²) in [6.45, 7) is 0. The fourth-order valence-electron chi connectivity index (χ4n) is 1.37. The number of carbonyl (C=O) groups is 3. The molecular weight excluding hydrogens is 212 g/mol. The van der Waals surface area contributed by atoms with Crippen molar-refractivity contribution >= 4 is 24.0 Å². The number of carbonyl (C=O) groups excluding carboxylic acids is 2. The molecule has 16 heavy (non-hydrogen) atoms. The molecular formula is C11H6O5. The van der Waals surface area contributed by atoms with Gasteiger partial charge in [-0.1, -0.05) is 6.07 Å². The standard InChI is InChI=1S/C11H6O5/c12-9(13)4-2-6-1-3-7-8(5-6)11(15)16-10(7)14/h1-5H,(H,12,13). The second-order valence-corrected chi connectivity index (χ2v) is 3.15. The summed E-state index contributed by atoms with van der Waals surface area (Å²) in [7, 11) is 0. The van der Waals surface area contributed by atoms with Gasteiger partial charge in [-0.3, -0.25) is 0 Å². The van der Waals surface area contributed by atoms with E-state index < -0.39 is 17.9 Å². The predicted octanol–water partition coefficient (Wildman–Crippen LogP) is 1.09. The number of esters is 2. The minimum atomic E-state index is -1.08. The first-order valence-corrected chi connectivity index (χ1v) is 4.39. The van der Waals surface area contributed by atoms with Crippen molar-refractivity contribution in [3.8, 4) is 0 Å². The van der Waals surface area contributed by atoms with Gasteiger partial charge in [0.05, 0.1) is 11.1 Å². The minimum Gasteiger partial charge on any atom is -0.478 e. The number of hydrogen-bond acceptors (Lipinski definition) is 4. The van der Waals surface area contributed by atoms with Gasteiger partial charge in [0.15, 0.2) is 0 Å². The molecule has 0 atom stereocenters. The Hall–Kier alpha value is -2.43. The lowest BCUT2D eigenvalue weighted by atomic mass is 10.1. The van der Waals surface area contributed by atoms with Crippen LogP contribution in [0.1, 0.15) is 26.3 Å². The van der Waals surface area contributed by atoms with E-state index in [1.807, 2.05) is 0 Å². The van der Waals surface area contributed by atoms with Crippen molar-refractivity contribution < 1.29 is 24.2 Å². The molecule has 0 radical (unpaired) electrons. The van der Waals surface area contributed by atoms with Crippen LogP contribution in [-0.4, -0.2) is 23.0 Å². The third kappa shape index (κ3) is 1.70. The summed E-state index contributed by atoms with van der Waals surface area (Å²) in [4.78, 5) is 32.6. The van der Waals surface area contributed by atoms with Crippen LogP contribution >= 0.6 is 0 Å². The predicted molar refractivity (Wildman–Crippen MR) is 52.9 cm³/mol. The van der Waals surface area contributed by atoms with Crippen LogP contribution in [0.25, 0.3) is 6.08 Å². The normalized spacial score (nSPS) is 14.0. The highest BCUT2D eigenvalue weighted by molar-refractivity contribution is 6.14. The summed E-state index contributed by atoms with van der Waals surface area (Å²) in [5, 5.41) is 8.43. The Kier molecular flexibility index (Phi) is 2.28. The van der Waals surface area contributed by atoms with Gasteiger partial charge in [0, 0.05) is 6.08 Å². The number of aliphatic carboxylic acids is 1. The summed E-state index contributed by atoms with van der Waals surface area (Å²) in [6, 6.07) is 4.39. The average Bonchev–Trinajstić information content (AvgIpc) is 2.52. The molecule has 5 nitrogen and oxygen atoms in total. The summed E-state index contributed by atoms with van der Waals surface area (Å²) < 4.78 is 4.39. The van der Waals surface area contributed by atoms with Gasteiger partial charge in [0.1, 0.15) is 0 Å². The quantitative estimate of drug-likeness (QED) is 0.456. The van der Waals surface area contributed by atoms with E-state index in [1.54, 1.807) is 0 Å². The monoisotopic (exact) mass is 218 g/mol. The number of carboxylic acid groups (broad SMARTS) is 1. The van der Waals surface area contributed by atoms with Gasteiger partial charge < -0.3 is 9.84 Å².